The number of carbonyl (C=O) groups is 2. The first-order valence-electron chi connectivity index (χ1n) is 11.2. The molecule has 3 heterocycles. The number of unbranched alkanes of at least 4 members (excludes halogenated alkanes) is 1. The number of Topliss-reactive ketones (excluding diaryl/α,β-unsaturated/α-hetero) is 1. The Morgan fingerprint density at radius 2 is 1.77 bits per heavy atom. The molecular weight excluding hydrogens is 393 g/mol. The highest BCUT2D eigenvalue weighted by atomic mass is 19.1. The van der Waals surface area contributed by atoms with E-state index in [0.717, 1.165) is 63.1 Å². The van der Waals surface area contributed by atoms with E-state index in [-0.39, 0.29) is 23.4 Å². The highest BCUT2D eigenvalue weighted by Crippen LogP contribution is 2.23. The smallest absolute Gasteiger partial charge is 0.256 e. The van der Waals surface area contributed by atoms with Gasteiger partial charge in [-0.1, -0.05) is 6.08 Å². The number of rotatable bonds is 7. The highest BCUT2D eigenvalue weighted by molar-refractivity contribution is 5.98. The molecule has 1 amide bonds. The molecule has 4 rings (SSSR count). The van der Waals surface area contributed by atoms with Gasteiger partial charge in [0.1, 0.15) is 5.82 Å². The van der Waals surface area contributed by atoms with Gasteiger partial charge in [-0.3, -0.25) is 9.59 Å². The number of nitrogens with zero attached hydrogens (tertiary/aromatic N) is 3. The van der Waals surface area contributed by atoms with Crippen molar-refractivity contribution in [1.82, 2.24) is 14.4 Å². The van der Waals surface area contributed by atoms with E-state index < -0.39 is 0 Å². The molecule has 0 atom stereocenters. The zero-order valence-electron chi connectivity index (χ0n) is 18.1. The van der Waals surface area contributed by atoms with Crippen molar-refractivity contribution >= 4 is 17.8 Å². The van der Waals surface area contributed by atoms with Crippen molar-refractivity contribution in [1.29, 1.82) is 0 Å². The Hall–Kier alpha value is -2.73. The largest absolute Gasteiger partial charge is 0.347 e. The van der Waals surface area contributed by atoms with E-state index in [1.807, 2.05) is 25.4 Å². The van der Waals surface area contributed by atoms with Crippen LogP contribution in [0.25, 0.3) is 6.08 Å². The Kier molecular flexibility index (Phi) is 6.66. The van der Waals surface area contributed by atoms with Crippen molar-refractivity contribution < 1.29 is 14.0 Å². The van der Waals surface area contributed by atoms with Crippen LogP contribution in [0.15, 0.2) is 42.6 Å². The maximum Gasteiger partial charge on any atom is 0.256 e. The molecule has 31 heavy (non-hydrogen) atoms. The molecule has 0 bridgehead atoms. The zero-order valence-corrected chi connectivity index (χ0v) is 18.1. The number of hydrogen-bond acceptors (Lipinski definition) is 3. The molecule has 1 saturated heterocycles. The average molecular weight is 424 g/mol. The number of aryl methyl sites for hydroxylation is 1. The van der Waals surface area contributed by atoms with Gasteiger partial charge in [0.25, 0.3) is 5.91 Å². The fourth-order valence-electron chi connectivity index (χ4n) is 4.54. The van der Waals surface area contributed by atoms with Crippen molar-refractivity contribution in [3.8, 4) is 0 Å². The molecule has 5 nitrogen and oxygen atoms in total. The van der Waals surface area contributed by atoms with Gasteiger partial charge in [0.2, 0.25) is 0 Å². The Balaban J connectivity index is 1.21. The Bertz CT molecular complexity index is 956. The number of likely N-dealkylation sites (N-methyl/N-ethyl adjacent to an activating group) is 1. The lowest BCUT2D eigenvalue weighted by Crippen LogP contribution is -2.37. The van der Waals surface area contributed by atoms with Crippen molar-refractivity contribution in [2.45, 2.75) is 32.2 Å². The van der Waals surface area contributed by atoms with Gasteiger partial charge in [-0.15, -0.1) is 0 Å². The summed E-state index contributed by atoms with van der Waals surface area (Å²) in [5.41, 5.74) is 2.41. The maximum absolute atomic E-state index is 13.1. The summed E-state index contributed by atoms with van der Waals surface area (Å²) in [6.45, 7) is 4.43. The van der Waals surface area contributed by atoms with E-state index in [4.69, 9.17) is 0 Å². The van der Waals surface area contributed by atoms with Crippen LogP contribution in [0.1, 0.15) is 52.1 Å². The van der Waals surface area contributed by atoms with Crippen LogP contribution in [0.2, 0.25) is 0 Å². The summed E-state index contributed by atoms with van der Waals surface area (Å²) in [6, 6.07) is 7.82. The van der Waals surface area contributed by atoms with Crippen LogP contribution < -0.4 is 0 Å². The number of hydrogen-bond donors (Lipinski definition) is 0. The number of fused-ring (bicyclic) bond motifs is 1. The number of carbonyl (C=O) groups excluding carboxylic acids is 2. The van der Waals surface area contributed by atoms with Crippen molar-refractivity contribution in [3.05, 3.63) is 65.2 Å². The lowest BCUT2D eigenvalue weighted by atomic mass is 9.89. The molecule has 1 aromatic carbocycles. The second-order valence-corrected chi connectivity index (χ2v) is 8.59. The molecule has 2 aliphatic rings. The maximum atomic E-state index is 13.1. The third-order valence-corrected chi connectivity index (χ3v) is 6.45. The summed E-state index contributed by atoms with van der Waals surface area (Å²) in [6.07, 6.45) is 9.97. The van der Waals surface area contributed by atoms with E-state index in [2.05, 4.69) is 15.5 Å². The second-order valence-electron chi connectivity index (χ2n) is 8.59. The van der Waals surface area contributed by atoms with E-state index in [1.165, 1.54) is 12.1 Å². The zero-order chi connectivity index (χ0) is 21.8. The molecule has 0 N–H and O–H groups in total. The van der Waals surface area contributed by atoms with Gasteiger partial charge < -0.3 is 14.4 Å². The number of halogens is 1. The predicted molar refractivity (Wildman–Crippen MR) is 120 cm³/mol. The molecule has 1 fully saturated rings. The van der Waals surface area contributed by atoms with Crippen LogP contribution in [0.5, 0.6) is 0 Å². The van der Waals surface area contributed by atoms with Gasteiger partial charge in [0.15, 0.2) is 5.78 Å². The van der Waals surface area contributed by atoms with Gasteiger partial charge in [-0.2, -0.15) is 0 Å². The lowest BCUT2D eigenvalue weighted by Gasteiger charge is -2.31. The molecule has 0 saturated carbocycles. The second kappa shape index (κ2) is 9.60. The minimum absolute atomic E-state index is 0.0412. The quantitative estimate of drug-likeness (QED) is 0.498. The van der Waals surface area contributed by atoms with Crippen LogP contribution in [-0.4, -0.2) is 59.3 Å². The number of amides is 1. The first-order chi connectivity index (χ1) is 15.0. The number of aromatic nitrogens is 1. The molecule has 164 valence electrons. The summed E-state index contributed by atoms with van der Waals surface area (Å²) in [4.78, 5) is 29.2. The fourth-order valence-corrected chi connectivity index (χ4v) is 4.54. The van der Waals surface area contributed by atoms with E-state index >= 15 is 0 Å². The Morgan fingerprint density at radius 3 is 2.52 bits per heavy atom. The molecule has 2 aromatic rings. The minimum Gasteiger partial charge on any atom is -0.347 e. The SMILES string of the molecule is CN1CC=Cc2c(ccn2CCCCN2CCC(C(=O)c3ccc(F)cc3)CC2)C1=O. The van der Waals surface area contributed by atoms with Crippen LogP contribution in [0, 0.1) is 11.7 Å². The van der Waals surface area contributed by atoms with Gasteiger partial charge >= 0.3 is 0 Å². The molecule has 0 unspecified atom stereocenters. The lowest BCUT2D eigenvalue weighted by molar-refractivity contribution is 0.0810. The highest BCUT2D eigenvalue weighted by Gasteiger charge is 2.25. The summed E-state index contributed by atoms with van der Waals surface area (Å²) in [5.74, 6) is -0.0465. The first kappa shape index (κ1) is 21.5. The van der Waals surface area contributed by atoms with Crippen molar-refractivity contribution in [2.75, 3.05) is 33.2 Å². The van der Waals surface area contributed by atoms with Crippen molar-refractivity contribution in [3.63, 3.8) is 0 Å². The Morgan fingerprint density at radius 1 is 1.06 bits per heavy atom. The summed E-state index contributed by atoms with van der Waals surface area (Å²) < 4.78 is 15.3. The normalized spacial score (nSPS) is 17.6. The molecule has 0 spiro atoms. The van der Waals surface area contributed by atoms with E-state index in [0.29, 0.717) is 12.1 Å². The number of ketones is 1. The molecule has 0 radical (unpaired) electrons. The molecule has 2 aliphatic heterocycles. The molecule has 6 heteroatoms. The van der Waals surface area contributed by atoms with Crippen LogP contribution >= 0.6 is 0 Å². The standard InChI is InChI=1S/C25H30FN3O2/c1-27-13-4-5-23-22(25(27)31)12-18-29(23)15-3-2-14-28-16-10-20(11-17-28)24(30)19-6-8-21(26)9-7-19/h4-9,12,18,20H,2-3,10-11,13-17H2,1H3. The fraction of sp³-hybridized carbons (Fsp3) is 0.440. The topological polar surface area (TPSA) is 45.5 Å². The molecular formula is C25H30FN3O2. The predicted octanol–water partition coefficient (Wildman–Crippen LogP) is 4.10. The number of piperidine rings is 1. The third-order valence-electron chi connectivity index (χ3n) is 6.45. The summed E-state index contributed by atoms with van der Waals surface area (Å²) >= 11 is 0. The van der Waals surface area contributed by atoms with Crippen LogP contribution in [0.3, 0.4) is 0 Å². The van der Waals surface area contributed by atoms with E-state index in [1.54, 1.807) is 17.0 Å². The monoisotopic (exact) mass is 423 g/mol. The Labute approximate surface area is 183 Å². The van der Waals surface area contributed by atoms with E-state index in [9.17, 15) is 14.0 Å². The van der Waals surface area contributed by atoms with Gasteiger partial charge in [-0.05, 0) is 81.7 Å². The van der Waals surface area contributed by atoms with Crippen molar-refractivity contribution in [2.24, 2.45) is 5.92 Å². The summed E-state index contributed by atoms with van der Waals surface area (Å²) in [5, 5.41) is 0. The summed E-state index contributed by atoms with van der Waals surface area (Å²) in [7, 11) is 1.83. The number of likely N-dealkylation sites (tertiary alicyclic amines) is 1. The average Bonchev–Trinajstić information content (AvgIpc) is 3.12. The molecule has 0 aliphatic carbocycles. The van der Waals surface area contributed by atoms with Crippen LogP contribution in [-0.2, 0) is 6.54 Å². The third kappa shape index (κ3) is 4.96. The minimum atomic E-state index is -0.308. The van der Waals surface area contributed by atoms with Gasteiger partial charge in [0.05, 0.1) is 11.3 Å². The molecule has 1 aromatic heterocycles. The van der Waals surface area contributed by atoms with Gasteiger partial charge in [0, 0.05) is 37.8 Å². The van der Waals surface area contributed by atoms with Crippen LogP contribution in [0.4, 0.5) is 4.39 Å². The number of benzene rings is 1. The first-order valence-corrected chi connectivity index (χ1v) is 11.2. The van der Waals surface area contributed by atoms with Gasteiger partial charge in [-0.25, -0.2) is 4.39 Å².